The smallest absolute Gasteiger partial charge is 0.106 e. The van der Waals surface area contributed by atoms with Gasteiger partial charge in [-0.2, -0.15) is 5.26 Å². The Morgan fingerprint density at radius 1 is 1.00 bits per heavy atom. The van der Waals surface area contributed by atoms with Crippen molar-refractivity contribution in [3.63, 3.8) is 0 Å². The van der Waals surface area contributed by atoms with E-state index in [1.54, 1.807) is 0 Å². The molecule has 0 aromatic carbocycles. The van der Waals surface area contributed by atoms with Crippen molar-refractivity contribution in [3.05, 3.63) is 11.9 Å². The van der Waals surface area contributed by atoms with E-state index in [2.05, 4.69) is 21.9 Å². The van der Waals surface area contributed by atoms with Crippen LogP contribution in [0.15, 0.2) is 11.9 Å². The third kappa shape index (κ3) is 4.68. The molecule has 0 aliphatic carbocycles. The molecule has 2 saturated heterocycles. The minimum Gasteiger partial charge on any atom is -0.358 e. The second kappa shape index (κ2) is 8.53. The standard InChI is InChI=1S/C15H23N3S2/c16-7-12-20-15(19)13-14(17-8-3-1-4-9-17)18-10-5-2-6-11-18/h13H,1-6,8-12H2. The van der Waals surface area contributed by atoms with Gasteiger partial charge in [-0.1, -0.05) is 24.0 Å². The first-order valence-corrected chi connectivity index (χ1v) is 8.96. The topological polar surface area (TPSA) is 30.3 Å². The zero-order chi connectivity index (χ0) is 14.2. The number of thiocarbonyl (C=S) groups is 1. The quantitative estimate of drug-likeness (QED) is 0.587. The summed E-state index contributed by atoms with van der Waals surface area (Å²) in [6, 6.07) is 2.15. The van der Waals surface area contributed by atoms with E-state index in [1.165, 1.54) is 56.1 Å². The largest absolute Gasteiger partial charge is 0.358 e. The van der Waals surface area contributed by atoms with Gasteiger partial charge in [0.25, 0.3) is 0 Å². The zero-order valence-electron chi connectivity index (χ0n) is 12.0. The molecule has 0 bridgehead atoms. The summed E-state index contributed by atoms with van der Waals surface area (Å²) in [5.41, 5.74) is 0. The molecule has 5 heteroatoms. The van der Waals surface area contributed by atoms with Gasteiger partial charge in [-0.05, 0) is 38.5 Å². The number of thioether (sulfide) groups is 1. The minimum atomic E-state index is 0.447. The average molecular weight is 310 g/mol. The van der Waals surface area contributed by atoms with Crippen LogP contribution in [-0.2, 0) is 0 Å². The van der Waals surface area contributed by atoms with E-state index >= 15 is 0 Å². The molecule has 0 aromatic rings. The Morgan fingerprint density at radius 2 is 1.50 bits per heavy atom. The number of rotatable bonds is 4. The highest BCUT2D eigenvalue weighted by Gasteiger charge is 2.21. The lowest BCUT2D eigenvalue weighted by molar-refractivity contribution is 0.167. The van der Waals surface area contributed by atoms with Gasteiger partial charge in [-0.25, -0.2) is 0 Å². The summed E-state index contributed by atoms with van der Waals surface area (Å²) in [7, 11) is 0. The van der Waals surface area contributed by atoms with Crippen LogP contribution in [0, 0.1) is 11.3 Å². The Balaban J connectivity index is 2.07. The minimum absolute atomic E-state index is 0.447. The maximum Gasteiger partial charge on any atom is 0.106 e. The third-order valence-electron chi connectivity index (χ3n) is 3.89. The Kier molecular flexibility index (Phi) is 6.68. The van der Waals surface area contributed by atoms with Crippen molar-refractivity contribution >= 4 is 28.2 Å². The van der Waals surface area contributed by atoms with E-state index < -0.39 is 0 Å². The van der Waals surface area contributed by atoms with Gasteiger partial charge in [0.15, 0.2) is 0 Å². The van der Waals surface area contributed by atoms with Gasteiger partial charge in [-0.3, -0.25) is 0 Å². The summed E-state index contributed by atoms with van der Waals surface area (Å²) in [6.45, 7) is 4.59. The Hall–Kier alpha value is -0.730. The Morgan fingerprint density at radius 3 is 1.95 bits per heavy atom. The zero-order valence-corrected chi connectivity index (χ0v) is 13.6. The molecule has 2 aliphatic rings. The van der Waals surface area contributed by atoms with E-state index in [0.29, 0.717) is 5.75 Å². The van der Waals surface area contributed by atoms with Crippen LogP contribution in [0.3, 0.4) is 0 Å². The van der Waals surface area contributed by atoms with Crippen LogP contribution in [-0.4, -0.2) is 45.9 Å². The van der Waals surface area contributed by atoms with Crippen molar-refractivity contribution in [1.82, 2.24) is 9.80 Å². The van der Waals surface area contributed by atoms with Crippen LogP contribution in [0.4, 0.5) is 0 Å². The molecular formula is C15H23N3S2. The summed E-state index contributed by atoms with van der Waals surface area (Å²) in [5.74, 6) is 1.75. The van der Waals surface area contributed by atoms with E-state index in [4.69, 9.17) is 17.5 Å². The molecule has 0 saturated carbocycles. The normalized spacial score (nSPS) is 19.4. The number of hydrogen-bond acceptors (Lipinski definition) is 5. The lowest BCUT2D eigenvalue weighted by Crippen LogP contribution is -2.41. The molecule has 0 radical (unpaired) electrons. The molecule has 0 unspecified atom stereocenters. The summed E-state index contributed by atoms with van der Waals surface area (Å²) >= 11 is 6.89. The molecule has 0 spiro atoms. The molecule has 3 nitrogen and oxygen atoms in total. The first kappa shape index (κ1) is 15.7. The monoisotopic (exact) mass is 309 g/mol. The first-order valence-electron chi connectivity index (χ1n) is 7.56. The maximum atomic E-state index is 8.67. The molecule has 0 aromatic heterocycles. The maximum absolute atomic E-state index is 8.67. The molecule has 0 amide bonds. The molecule has 2 rings (SSSR count). The molecule has 110 valence electrons. The van der Waals surface area contributed by atoms with Gasteiger partial charge in [0.1, 0.15) is 5.82 Å². The van der Waals surface area contributed by atoms with E-state index in [-0.39, 0.29) is 0 Å². The van der Waals surface area contributed by atoms with E-state index in [0.717, 1.165) is 30.4 Å². The van der Waals surface area contributed by atoms with Crippen molar-refractivity contribution in [1.29, 1.82) is 5.26 Å². The van der Waals surface area contributed by atoms with E-state index in [9.17, 15) is 0 Å². The summed E-state index contributed by atoms with van der Waals surface area (Å²) < 4.78 is 0.845. The highest BCUT2D eigenvalue weighted by Crippen LogP contribution is 2.23. The number of likely N-dealkylation sites (tertiary alicyclic amines) is 2. The predicted octanol–water partition coefficient (Wildman–Crippen LogP) is 3.38. The molecule has 20 heavy (non-hydrogen) atoms. The summed E-state index contributed by atoms with van der Waals surface area (Å²) in [5, 5.41) is 8.67. The van der Waals surface area contributed by atoms with Gasteiger partial charge in [0.2, 0.25) is 0 Å². The van der Waals surface area contributed by atoms with Crippen LogP contribution in [0.25, 0.3) is 0 Å². The number of hydrogen-bond donors (Lipinski definition) is 0. The fraction of sp³-hybridized carbons (Fsp3) is 0.733. The lowest BCUT2D eigenvalue weighted by Gasteiger charge is -2.40. The van der Waals surface area contributed by atoms with Gasteiger partial charge >= 0.3 is 0 Å². The van der Waals surface area contributed by atoms with Crippen molar-refractivity contribution in [2.45, 2.75) is 38.5 Å². The Labute approximate surface area is 132 Å². The first-order chi connectivity index (χ1) is 9.81. The molecule has 2 heterocycles. The van der Waals surface area contributed by atoms with Crippen molar-refractivity contribution < 1.29 is 0 Å². The number of piperidine rings is 2. The summed E-state index contributed by atoms with van der Waals surface area (Å²) in [4.78, 5) is 4.99. The fourth-order valence-electron chi connectivity index (χ4n) is 2.88. The van der Waals surface area contributed by atoms with Crippen LogP contribution in [0.2, 0.25) is 0 Å². The second-order valence-electron chi connectivity index (χ2n) is 5.36. The van der Waals surface area contributed by atoms with Crippen molar-refractivity contribution in [2.75, 3.05) is 31.9 Å². The van der Waals surface area contributed by atoms with Crippen molar-refractivity contribution in [2.24, 2.45) is 0 Å². The van der Waals surface area contributed by atoms with Gasteiger partial charge in [-0.15, -0.1) is 0 Å². The highest BCUT2D eigenvalue weighted by molar-refractivity contribution is 8.23. The molecule has 0 atom stereocenters. The molecule has 2 aliphatic heterocycles. The summed E-state index contributed by atoms with van der Waals surface area (Å²) in [6.07, 6.45) is 9.95. The van der Waals surface area contributed by atoms with E-state index in [1.807, 2.05) is 0 Å². The van der Waals surface area contributed by atoms with Crippen LogP contribution < -0.4 is 0 Å². The average Bonchev–Trinajstić information content (AvgIpc) is 2.52. The van der Waals surface area contributed by atoms with Gasteiger partial charge in [0.05, 0.1) is 16.0 Å². The van der Waals surface area contributed by atoms with Gasteiger partial charge < -0.3 is 9.80 Å². The Bertz CT molecular complexity index is 368. The second-order valence-corrected chi connectivity index (χ2v) is 7.08. The fourth-order valence-corrected chi connectivity index (χ4v) is 3.56. The number of nitrogens with zero attached hydrogens (tertiary/aromatic N) is 3. The lowest BCUT2D eigenvalue weighted by atomic mass is 10.1. The molecular weight excluding hydrogens is 286 g/mol. The van der Waals surface area contributed by atoms with Gasteiger partial charge in [0, 0.05) is 32.3 Å². The molecule has 0 N–H and O–H groups in total. The predicted molar refractivity (Wildman–Crippen MR) is 89.6 cm³/mol. The van der Waals surface area contributed by atoms with Crippen LogP contribution in [0.5, 0.6) is 0 Å². The van der Waals surface area contributed by atoms with Crippen molar-refractivity contribution in [3.8, 4) is 6.07 Å². The molecule has 2 fully saturated rings. The van der Waals surface area contributed by atoms with Crippen LogP contribution in [0.1, 0.15) is 38.5 Å². The number of nitriles is 1. The highest BCUT2D eigenvalue weighted by atomic mass is 32.2. The third-order valence-corrected chi connectivity index (χ3v) is 5.03. The SMILES string of the molecule is N#CCSC(=S)C=C(N1CCCCC1)N1CCCCC1. The van der Waals surface area contributed by atoms with Crippen LogP contribution >= 0.6 is 24.0 Å².